The number of likely N-dealkylation sites (tertiary alicyclic amines) is 1. The molecule has 2 aromatic rings. The number of β-amino-alcohol motifs (C(OH)–C–C–N with tert-alkyl or cyclic N) is 1. The molecule has 106 valence electrons. The molecular weight excluding hydrogens is 254 g/mol. The van der Waals surface area contributed by atoms with Gasteiger partial charge >= 0.3 is 0 Å². The molecule has 6 nitrogen and oxygen atoms in total. The lowest BCUT2D eigenvalue weighted by Gasteiger charge is -2.15. The van der Waals surface area contributed by atoms with Crippen molar-refractivity contribution in [2.45, 2.75) is 32.9 Å². The Hall–Kier alpha value is -1.79. The molecule has 1 aliphatic heterocycles. The molecule has 0 saturated carbocycles. The van der Waals surface area contributed by atoms with Gasteiger partial charge in [-0.15, -0.1) is 5.10 Å². The van der Waals surface area contributed by atoms with Crippen LogP contribution in [0.1, 0.15) is 23.4 Å². The second-order valence-corrected chi connectivity index (χ2v) is 5.42. The maximum Gasteiger partial charge on any atom is 0.170 e. The molecule has 1 aliphatic rings. The zero-order valence-electron chi connectivity index (χ0n) is 11.8. The van der Waals surface area contributed by atoms with Gasteiger partial charge in [-0.05, 0) is 41.8 Å². The Balaban J connectivity index is 1.90. The third-order valence-electron chi connectivity index (χ3n) is 3.80. The summed E-state index contributed by atoms with van der Waals surface area (Å²) in [6.45, 7) is 6.37. The fraction of sp³-hybridized carbons (Fsp3) is 0.500. The molecular formula is C14H19N5O. The van der Waals surface area contributed by atoms with E-state index in [2.05, 4.69) is 46.4 Å². The van der Waals surface area contributed by atoms with Crippen LogP contribution in [0.3, 0.4) is 0 Å². The van der Waals surface area contributed by atoms with Crippen molar-refractivity contribution in [2.24, 2.45) is 0 Å². The molecule has 0 bridgehead atoms. The van der Waals surface area contributed by atoms with Crippen molar-refractivity contribution in [2.75, 3.05) is 13.1 Å². The van der Waals surface area contributed by atoms with Gasteiger partial charge in [-0.1, -0.05) is 18.2 Å². The Morgan fingerprint density at radius 3 is 2.70 bits per heavy atom. The number of para-hydroxylation sites is 1. The van der Waals surface area contributed by atoms with Gasteiger partial charge in [0.25, 0.3) is 0 Å². The molecule has 1 fully saturated rings. The average Bonchev–Trinajstić information content (AvgIpc) is 3.00. The number of hydrogen-bond acceptors (Lipinski definition) is 5. The highest BCUT2D eigenvalue weighted by Gasteiger charge is 2.23. The van der Waals surface area contributed by atoms with Gasteiger partial charge in [0, 0.05) is 13.1 Å². The third-order valence-corrected chi connectivity index (χ3v) is 3.80. The van der Waals surface area contributed by atoms with Gasteiger partial charge in [-0.3, -0.25) is 4.90 Å². The van der Waals surface area contributed by atoms with Crippen LogP contribution in [0.25, 0.3) is 5.69 Å². The van der Waals surface area contributed by atoms with Crippen LogP contribution in [0.2, 0.25) is 0 Å². The topological polar surface area (TPSA) is 67.1 Å². The molecule has 0 unspecified atom stereocenters. The molecule has 0 amide bonds. The molecule has 1 N–H and O–H groups in total. The quantitative estimate of drug-likeness (QED) is 0.898. The van der Waals surface area contributed by atoms with E-state index in [0.717, 1.165) is 35.6 Å². The Morgan fingerprint density at radius 1 is 1.30 bits per heavy atom. The molecule has 1 aromatic heterocycles. The largest absolute Gasteiger partial charge is 0.392 e. The summed E-state index contributed by atoms with van der Waals surface area (Å²) in [5.74, 6) is 0.816. The molecule has 1 atom stereocenters. The monoisotopic (exact) mass is 273 g/mol. The first kappa shape index (κ1) is 13.2. The van der Waals surface area contributed by atoms with E-state index < -0.39 is 0 Å². The number of benzene rings is 1. The highest BCUT2D eigenvalue weighted by atomic mass is 16.3. The van der Waals surface area contributed by atoms with Gasteiger partial charge in [0.1, 0.15) is 0 Å². The van der Waals surface area contributed by atoms with Crippen LogP contribution in [0.5, 0.6) is 0 Å². The summed E-state index contributed by atoms with van der Waals surface area (Å²) in [7, 11) is 0. The summed E-state index contributed by atoms with van der Waals surface area (Å²) in [4.78, 5) is 2.18. The van der Waals surface area contributed by atoms with E-state index in [1.54, 1.807) is 0 Å². The first-order chi connectivity index (χ1) is 9.65. The maximum atomic E-state index is 9.60. The molecule has 6 heteroatoms. The van der Waals surface area contributed by atoms with Crippen LogP contribution >= 0.6 is 0 Å². The predicted octanol–water partition coefficient (Wildman–Crippen LogP) is 0.846. The van der Waals surface area contributed by atoms with Gasteiger partial charge in [-0.25, -0.2) is 0 Å². The number of nitrogens with zero attached hydrogens (tertiary/aromatic N) is 5. The van der Waals surface area contributed by atoms with Crippen LogP contribution < -0.4 is 0 Å². The third kappa shape index (κ3) is 2.44. The van der Waals surface area contributed by atoms with E-state index in [-0.39, 0.29) is 6.10 Å². The van der Waals surface area contributed by atoms with Crippen molar-refractivity contribution in [1.82, 2.24) is 25.1 Å². The molecule has 0 aliphatic carbocycles. The Morgan fingerprint density at radius 2 is 2.05 bits per heavy atom. The first-order valence-corrected chi connectivity index (χ1v) is 6.89. The fourth-order valence-corrected chi connectivity index (χ4v) is 2.77. The van der Waals surface area contributed by atoms with E-state index >= 15 is 0 Å². The highest BCUT2D eigenvalue weighted by Crippen LogP contribution is 2.20. The second-order valence-electron chi connectivity index (χ2n) is 5.42. The molecule has 3 rings (SSSR count). The summed E-state index contributed by atoms with van der Waals surface area (Å²) in [5, 5.41) is 21.7. The minimum atomic E-state index is -0.223. The van der Waals surface area contributed by atoms with Crippen molar-refractivity contribution in [1.29, 1.82) is 0 Å². The molecule has 1 saturated heterocycles. The van der Waals surface area contributed by atoms with Gasteiger partial charge in [0.15, 0.2) is 5.82 Å². The maximum absolute atomic E-state index is 9.60. The lowest BCUT2D eigenvalue weighted by molar-refractivity contribution is 0.173. The van der Waals surface area contributed by atoms with Crippen molar-refractivity contribution >= 4 is 0 Å². The van der Waals surface area contributed by atoms with E-state index in [1.165, 1.54) is 0 Å². The van der Waals surface area contributed by atoms with Crippen molar-refractivity contribution in [3.63, 3.8) is 0 Å². The van der Waals surface area contributed by atoms with Crippen molar-refractivity contribution in [3.8, 4) is 5.69 Å². The number of aliphatic hydroxyl groups excluding tert-OH is 1. The minimum Gasteiger partial charge on any atom is -0.392 e. The summed E-state index contributed by atoms with van der Waals surface area (Å²) < 4.78 is 1.81. The van der Waals surface area contributed by atoms with Crippen LogP contribution in [0, 0.1) is 13.8 Å². The summed E-state index contributed by atoms with van der Waals surface area (Å²) in [5.41, 5.74) is 3.35. The SMILES string of the molecule is Cc1cccc(C)c1-n1nnnc1CN1CC[C@H](O)C1. The molecule has 1 aromatic carbocycles. The van der Waals surface area contributed by atoms with E-state index in [4.69, 9.17) is 0 Å². The number of aryl methyl sites for hydroxylation is 2. The number of rotatable bonds is 3. The fourth-order valence-electron chi connectivity index (χ4n) is 2.77. The van der Waals surface area contributed by atoms with Crippen molar-refractivity contribution in [3.05, 3.63) is 35.2 Å². The van der Waals surface area contributed by atoms with Crippen LogP contribution in [-0.2, 0) is 6.54 Å². The minimum absolute atomic E-state index is 0.223. The van der Waals surface area contributed by atoms with Crippen LogP contribution in [0.4, 0.5) is 0 Å². The molecule has 20 heavy (non-hydrogen) atoms. The van der Waals surface area contributed by atoms with Gasteiger partial charge in [-0.2, -0.15) is 4.68 Å². The zero-order chi connectivity index (χ0) is 14.1. The average molecular weight is 273 g/mol. The number of aliphatic hydroxyl groups is 1. The van der Waals surface area contributed by atoms with E-state index in [9.17, 15) is 5.11 Å². The zero-order valence-corrected chi connectivity index (χ0v) is 11.8. The molecule has 0 spiro atoms. The summed E-state index contributed by atoms with van der Waals surface area (Å²) in [6, 6.07) is 6.16. The van der Waals surface area contributed by atoms with Crippen molar-refractivity contribution < 1.29 is 5.11 Å². The van der Waals surface area contributed by atoms with Gasteiger partial charge < -0.3 is 5.11 Å². The van der Waals surface area contributed by atoms with E-state index in [0.29, 0.717) is 13.1 Å². The van der Waals surface area contributed by atoms with Gasteiger partial charge in [0.05, 0.1) is 18.3 Å². The number of aromatic nitrogens is 4. The summed E-state index contributed by atoms with van der Waals surface area (Å²) in [6.07, 6.45) is 0.602. The predicted molar refractivity (Wildman–Crippen MR) is 74.5 cm³/mol. The normalized spacial score (nSPS) is 19.6. The Bertz CT molecular complexity index is 589. The van der Waals surface area contributed by atoms with Crippen LogP contribution in [0.15, 0.2) is 18.2 Å². The summed E-state index contributed by atoms with van der Waals surface area (Å²) >= 11 is 0. The second kappa shape index (κ2) is 5.30. The van der Waals surface area contributed by atoms with Crippen LogP contribution in [-0.4, -0.2) is 49.4 Å². The standard InChI is InChI=1S/C14H19N5O/c1-10-4-3-5-11(2)14(10)19-13(15-16-17-19)9-18-7-6-12(20)8-18/h3-5,12,20H,6-9H2,1-2H3/t12-/m0/s1. The molecule has 2 heterocycles. The smallest absolute Gasteiger partial charge is 0.170 e. The van der Waals surface area contributed by atoms with E-state index in [1.807, 2.05) is 10.7 Å². The Kier molecular flexibility index (Phi) is 3.50. The first-order valence-electron chi connectivity index (χ1n) is 6.89. The number of hydrogen-bond donors (Lipinski definition) is 1. The van der Waals surface area contributed by atoms with Gasteiger partial charge in [0.2, 0.25) is 0 Å². The molecule has 0 radical (unpaired) electrons. The highest BCUT2D eigenvalue weighted by molar-refractivity contribution is 5.46. The number of tetrazole rings is 1. The lowest BCUT2D eigenvalue weighted by Crippen LogP contribution is -2.24. The Labute approximate surface area is 118 Å². The lowest BCUT2D eigenvalue weighted by atomic mass is 10.1.